The van der Waals surface area contributed by atoms with Crippen LogP contribution >= 0.6 is 11.6 Å². The molecule has 1 aliphatic carbocycles. The smallest absolute Gasteiger partial charge is 0.207 e. The number of hydrogen-bond acceptors (Lipinski definition) is 1. The van der Waals surface area contributed by atoms with Gasteiger partial charge in [0.15, 0.2) is 6.42 Å². The molecule has 1 radical (unpaired) electrons. The van der Waals surface area contributed by atoms with Gasteiger partial charge in [-0.1, -0.05) is 11.6 Å². The van der Waals surface area contributed by atoms with Gasteiger partial charge >= 0.3 is 0 Å². The fourth-order valence-electron chi connectivity index (χ4n) is 2.55. The number of halogens is 2. The van der Waals surface area contributed by atoms with Crippen LogP contribution in [0.25, 0.3) is 27.6 Å². The molecule has 0 bridgehead atoms. The second-order valence-corrected chi connectivity index (χ2v) is 5.11. The first kappa shape index (κ1) is 11.7. The first-order valence-corrected chi connectivity index (χ1v) is 6.60. The van der Waals surface area contributed by atoms with Crippen LogP contribution in [0, 0.1) is 12.2 Å². The maximum atomic E-state index is 13.7. The minimum atomic E-state index is -0.432. The lowest BCUT2D eigenvalue weighted by atomic mass is 9.99. The Morgan fingerprint density at radius 3 is 3.05 bits per heavy atom. The summed E-state index contributed by atoms with van der Waals surface area (Å²) in [4.78, 5) is 3.12. The molecule has 0 fully saturated rings. The quantitative estimate of drug-likeness (QED) is 0.617. The molecule has 0 unspecified atom stereocenters. The third-order valence-electron chi connectivity index (χ3n) is 3.47. The average Bonchev–Trinajstić information content (AvgIpc) is 3.00. The first-order valence-electron chi connectivity index (χ1n) is 6.22. The van der Waals surface area contributed by atoms with E-state index in [0.29, 0.717) is 5.71 Å². The van der Waals surface area contributed by atoms with Gasteiger partial charge in [-0.25, -0.2) is 4.39 Å². The number of benzene rings is 1. The van der Waals surface area contributed by atoms with Crippen molar-refractivity contribution < 1.29 is 8.81 Å². The Kier molecular flexibility index (Phi) is 2.44. The van der Waals surface area contributed by atoms with E-state index in [-0.39, 0.29) is 5.02 Å². The summed E-state index contributed by atoms with van der Waals surface area (Å²) < 4.78 is 19.3. The van der Waals surface area contributed by atoms with Gasteiger partial charge in [-0.15, -0.1) is 0 Å². The van der Waals surface area contributed by atoms with Gasteiger partial charge in [0.2, 0.25) is 5.71 Å². The highest BCUT2D eigenvalue weighted by Crippen LogP contribution is 2.36. The molecular formula is C16H9ClFNO+. The van der Waals surface area contributed by atoms with Crippen molar-refractivity contribution in [1.82, 2.24) is 4.98 Å². The fraction of sp³-hybridized carbons (Fsp3) is 0.0625. The molecule has 0 aliphatic heterocycles. The molecule has 4 heteroatoms. The third kappa shape index (κ3) is 1.60. The Hall–Kier alpha value is -2.13. The van der Waals surface area contributed by atoms with E-state index in [1.54, 1.807) is 12.3 Å². The predicted molar refractivity (Wildman–Crippen MR) is 78.0 cm³/mol. The summed E-state index contributed by atoms with van der Waals surface area (Å²) in [5.74, 6) is -0.432. The molecular weight excluding hydrogens is 277 g/mol. The van der Waals surface area contributed by atoms with E-state index in [0.717, 1.165) is 33.8 Å². The Labute approximate surface area is 119 Å². The first-order chi connectivity index (χ1) is 9.74. The molecule has 0 saturated heterocycles. The molecule has 0 atom stereocenters. The summed E-state index contributed by atoms with van der Waals surface area (Å²) in [6.45, 7) is 0. The molecule has 97 valence electrons. The molecule has 3 aromatic rings. The molecule has 1 aromatic carbocycles. The summed E-state index contributed by atoms with van der Waals surface area (Å²) in [6, 6.07) is 3.02. The zero-order valence-electron chi connectivity index (χ0n) is 10.3. The largest absolute Gasteiger partial charge is 0.445 e. The molecule has 2 aromatic heterocycles. The van der Waals surface area contributed by atoms with Crippen LogP contribution in [0.2, 0.25) is 5.02 Å². The van der Waals surface area contributed by atoms with E-state index in [9.17, 15) is 4.39 Å². The topological polar surface area (TPSA) is 28.9 Å². The Balaban J connectivity index is 2.05. The molecule has 1 N–H and O–H groups in total. The van der Waals surface area contributed by atoms with Crippen molar-refractivity contribution in [2.45, 2.75) is 6.42 Å². The van der Waals surface area contributed by atoms with E-state index >= 15 is 0 Å². The van der Waals surface area contributed by atoms with E-state index in [1.165, 1.54) is 6.07 Å². The summed E-state index contributed by atoms with van der Waals surface area (Å²) in [5, 5.41) is 1.74. The van der Waals surface area contributed by atoms with Crippen LogP contribution in [-0.4, -0.2) is 4.98 Å². The lowest BCUT2D eigenvalue weighted by Crippen LogP contribution is -1.84. The maximum Gasteiger partial charge on any atom is 0.207 e. The number of fused-ring (bicyclic) bond motifs is 3. The Morgan fingerprint density at radius 2 is 2.25 bits per heavy atom. The second-order valence-electron chi connectivity index (χ2n) is 4.70. The molecule has 4 rings (SSSR count). The van der Waals surface area contributed by atoms with Gasteiger partial charge in [0.05, 0.1) is 22.3 Å². The van der Waals surface area contributed by atoms with Crippen molar-refractivity contribution in [3.05, 3.63) is 59.4 Å². The second kappa shape index (κ2) is 4.18. The molecule has 0 amide bonds. The standard InChI is InChI=1S/C16H9ClFNO/c17-12-7-14-10(6-13(12)18)15-11(8-20-16(15)19-14)9-4-2-1-3-5-9/h2,4-8,19H,1H2/q+1. The van der Waals surface area contributed by atoms with Crippen molar-refractivity contribution in [2.24, 2.45) is 0 Å². The molecule has 2 nitrogen and oxygen atoms in total. The molecule has 0 spiro atoms. The van der Waals surface area contributed by atoms with Crippen LogP contribution in [0.3, 0.4) is 0 Å². The number of furan rings is 1. The van der Waals surface area contributed by atoms with Crippen molar-refractivity contribution >= 4 is 39.2 Å². The Morgan fingerprint density at radius 1 is 1.35 bits per heavy atom. The number of aromatic amines is 1. The average molecular weight is 286 g/mol. The van der Waals surface area contributed by atoms with Gasteiger partial charge < -0.3 is 9.40 Å². The highest BCUT2D eigenvalue weighted by Gasteiger charge is 2.21. The SMILES string of the molecule is Fc1cc2c(cc1Cl)[nH]c1occ(C3=C[C+]CC=C3)c12. The van der Waals surface area contributed by atoms with Crippen LogP contribution in [0.5, 0.6) is 0 Å². The molecule has 20 heavy (non-hydrogen) atoms. The zero-order valence-corrected chi connectivity index (χ0v) is 11.1. The third-order valence-corrected chi connectivity index (χ3v) is 3.76. The molecule has 1 aliphatic rings. The van der Waals surface area contributed by atoms with Crippen LogP contribution in [0.15, 0.2) is 41.0 Å². The minimum absolute atomic E-state index is 0.0985. The van der Waals surface area contributed by atoms with E-state index < -0.39 is 5.82 Å². The fourth-order valence-corrected chi connectivity index (χ4v) is 2.71. The summed E-state index contributed by atoms with van der Waals surface area (Å²) in [6.07, 6.45) is 11.6. The van der Waals surface area contributed by atoms with Crippen LogP contribution < -0.4 is 0 Å². The summed E-state index contributed by atoms with van der Waals surface area (Å²) >= 11 is 5.81. The van der Waals surface area contributed by atoms with Gasteiger partial charge in [0.25, 0.3) is 0 Å². The highest BCUT2D eigenvalue weighted by molar-refractivity contribution is 6.31. The van der Waals surface area contributed by atoms with E-state index in [1.807, 2.05) is 18.2 Å². The lowest BCUT2D eigenvalue weighted by Gasteiger charge is -1.97. The van der Waals surface area contributed by atoms with Crippen LogP contribution in [0.1, 0.15) is 12.0 Å². The number of H-pyrrole nitrogens is 1. The van der Waals surface area contributed by atoms with Crippen molar-refractivity contribution in [3.63, 3.8) is 0 Å². The lowest BCUT2D eigenvalue weighted by molar-refractivity contribution is 0.604. The number of rotatable bonds is 1. The van der Waals surface area contributed by atoms with Gasteiger partial charge in [0, 0.05) is 11.5 Å². The number of nitrogens with one attached hydrogen (secondary N) is 1. The van der Waals surface area contributed by atoms with E-state index in [4.69, 9.17) is 16.0 Å². The van der Waals surface area contributed by atoms with Crippen molar-refractivity contribution in [3.8, 4) is 0 Å². The summed E-state index contributed by atoms with van der Waals surface area (Å²) in [5.41, 5.74) is 3.32. The van der Waals surface area contributed by atoms with Crippen LogP contribution in [-0.2, 0) is 0 Å². The van der Waals surface area contributed by atoms with Gasteiger partial charge in [0.1, 0.15) is 29.3 Å². The summed E-state index contributed by atoms with van der Waals surface area (Å²) in [7, 11) is 0. The zero-order chi connectivity index (χ0) is 13.7. The van der Waals surface area contributed by atoms with Crippen molar-refractivity contribution in [2.75, 3.05) is 0 Å². The van der Waals surface area contributed by atoms with Crippen LogP contribution in [0.4, 0.5) is 4.39 Å². The minimum Gasteiger partial charge on any atom is -0.445 e. The normalized spacial score (nSPS) is 14.8. The van der Waals surface area contributed by atoms with Crippen molar-refractivity contribution in [1.29, 1.82) is 0 Å². The molecule has 0 saturated carbocycles. The highest BCUT2D eigenvalue weighted by atomic mass is 35.5. The maximum absolute atomic E-state index is 13.7. The number of allylic oxidation sites excluding steroid dienone is 4. The number of aromatic nitrogens is 1. The predicted octanol–water partition coefficient (Wildman–Crippen LogP) is 5.13. The monoisotopic (exact) mass is 285 g/mol. The van der Waals surface area contributed by atoms with Gasteiger partial charge in [-0.3, -0.25) is 0 Å². The van der Waals surface area contributed by atoms with E-state index in [2.05, 4.69) is 11.4 Å². The number of hydrogen-bond donors (Lipinski definition) is 1. The Bertz CT molecular complexity index is 885. The van der Waals surface area contributed by atoms with Gasteiger partial charge in [-0.05, 0) is 18.2 Å². The molecule has 2 heterocycles. The van der Waals surface area contributed by atoms with Gasteiger partial charge in [-0.2, -0.15) is 0 Å².